The minimum Gasteiger partial charge on any atom is -0.428 e. The smallest absolute Gasteiger partial charge is 0.360 e. The number of esters is 5. The highest BCUT2D eigenvalue weighted by Gasteiger charge is 2.84. The highest BCUT2D eigenvalue weighted by molar-refractivity contribution is 6.65. The molecule has 0 fully saturated rings. The Morgan fingerprint density at radius 3 is 1.52 bits per heavy atom. The van der Waals surface area contributed by atoms with Crippen molar-refractivity contribution in [1.82, 2.24) is 0 Å². The highest BCUT2D eigenvalue weighted by atomic mass is 35.5. The number of hydrogen-bond donors (Lipinski definition) is 5. The first-order valence-corrected chi connectivity index (χ1v) is 8.07. The van der Waals surface area contributed by atoms with Gasteiger partial charge in [-0.05, 0) is 11.6 Å². The van der Waals surface area contributed by atoms with Crippen LogP contribution in [-0.4, -0.2) is 90.1 Å². The summed E-state index contributed by atoms with van der Waals surface area (Å²) in [4.78, 5) is 71.2. The van der Waals surface area contributed by atoms with Crippen molar-refractivity contribution in [3.63, 3.8) is 0 Å². The normalized spacial score (nSPS) is 21.1. The number of hydrogen-bond acceptors (Lipinski definition) is 16. The van der Waals surface area contributed by atoms with Crippen molar-refractivity contribution in [1.29, 1.82) is 0 Å². The molecule has 0 aliphatic heterocycles. The molecule has 0 bridgehead atoms. The van der Waals surface area contributed by atoms with Gasteiger partial charge in [-0.3, -0.25) is 28.8 Å². The lowest BCUT2D eigenvalue weighted by Crippen LogP contribution is -2.83. The molecular formula is C16H21ClO16. The van der Waals surface area contributed by atoms with Crippen molar-refractivity contribution in [2.45, 2.75) is 63.9 Å². The molecule has 5 N–H and O–H groups in total. The molecule has 33 heavy (non-hydrogen) atoms. The molecular weight excluding hydrogens is 484 g/mol. The van der Waals surface area contributed by atoms with Gasteiger partial charge in [-0.15, -0.1) is 0 Å². The van der Waals surface area contributed by atoms with Gasteiger partial charge in [-0.2, -0.15) is 0 Å². The summed E-state index contributed by atoms with van der Waals surface area (Å²) in [5, 5.41) is 51.9. The third kappa shape index (κ3) is 5.92. The fraction of sp³-hybridized carbons (Fsp3) is 0.625. The van der Waals surface area contributed by atoms with E-state index in [9.17, 15) is 54.3 Å². The highest BCUT2D eigenvalue weighted by Crippen LogP contribution is 2.46. The Kier molecular flexibility index (Phi) is 6.89. The predicted molar refractivity (Wildman–Crippen MR) is 95.5 cm³/mol. The Morgan fingerprint density at radius 2 is 1.09 bits per heavy atom. The molecule has 17 heteroatoms. The van der Waals surface area contributed by atoms with Gasteiger partial charge >= 0.3 is 58.2 Å². The summed E-state index contributed by atoms with van der Waals surface area (Å²) < 4.78 is 55.6. The second-order valence-corrected chi connectivity index (χ2v) is 5.98. The molecule has 0 aliphatic carbocycles. The standard InChI is InChI=1S/C16H21ClO16/c1-6(18)29-12(24)14(26,31-8(3)20)16(28,33-10(5)22)15(27,32-9(4)21)13(25,11(17)23)30-7(2)19/h12,24-28H,1-5H3/t12?,13-,14+,15+,16+/m1/s1/i1D,2D,3D,4D,5D. The van der Waals surface area contributed by atoms with Gasteiger partial charge in [-0.1, -0.05) is 0 Å². The van der Waals surface area contributed by atoms with Gasteiger partial charge in [0, 0.05) is 41.4 Å². The Balaban J connectivity index is 7.90. The fourth-order valence-corrected chi connectivity index (χ4v) is 2.32. The summed E-state index contributed by atoms with van der Waals surface area (Å²) in [6, 6.07) is 0. The minimum absolute atomic E-state index is 1.37. The van der Waals surface area contributed by atoms with E-state index in [1.54, 1.807) is 0 Å². The van der Waals surface area contributed by atoms with Crippen molar-refractivity contribution in [2.75, 3.05) is 0 Å². The Morgan fingerprint density at radius 1 is 0.697 bits per heavy atom. The molecule has 0 saturated carbocycles. The second-order valence-electron chi connectivity index (χ2n) is 5.64. The van der Waals surface area contributed by atoms with Crippen molar-refractivity contribution >= 4 is 46.7 Å². The Hall–Kier alpha value is -2.89. The molecule has 0 spiro atoms. The Bertz CT molecular complexity index is 940. The molecule has 0 heterocycles. The molecule has 0 aromatic heterocycles. The summed E-state index contributed by atoms with van der Waals surface area (Å²) in [5.74, 6) is -30.1. The van der Waals surface area contributed by atoms with Gasteiger partial charge in [0.1, 0.15) is 0 Å². The number of carbonyl (C=O) groups is 6. The number of aliphatic hydroxyl groups is 5. The summed E-state index contributed by atoms with van der Waals surface area (Å²) in [7, 11) is 0. The second kappa shape index (κ2) is 10.4. The number of carbonyl (C=O) groups excluding carboxylic acids is 6. The zero-order valence-corrected chi connectivity index (χ0v) is 17.0. The van der Waals surface area contributed by atoms with E-state index in [1.807, 2.05) is 0 Å². The maximum Gasteiger partial charge on any atom is 0.360 e. The van der Waals surface area contributed by atoms with Gasteiger partial charge in [0.25, 0.3) is 6.29 Å². The number of rotatable bonds is 10. The quantitative estimate of drug-likeness (QED) is 0.0833. The molecule has 16 nitrogen and oxygen atoms in total. The molecule has 188 valence electrons. The van der Waals surface area contributed by atoms with Gasteiger partial charge in [0.05, 0.1) is 0 Å². The average Bonchev–Trinajstić information content (AvgIpc) is 2.86. The fourth-order valence-electron chi connectivity index (χ4n) is 2.15. The van der Waals surface area contributed by atoms with E-state index in [1.165, 1.54) is 0 Å². The summed E-state index contributed by atoms with van der Waals surface area (Å²) >= 11 is 5.14. The first kappa shape index (κ1) is 21.9. The molecule has 0 aromatic rings. The van der Waals surface area contributed by atoms with Gasteiger partial charge < -0.3 is 49.2 Å². The zero-order valence-electron chi connectivity index (χ0n) is 21.2. The third-order valence-electron chi connectivity index (χ3n) is 3.30. The van der Waals surface area contributed by atoms with Crippen LogP contribution in [0, 0.1) is 0 Å². The lowest BCUT2D eigenvalue weighted by Gasteiger charge is -2.51. The predicted octanol–water partition coefficient (Wildman–Crippen LogP) is -3.36. The van der Waals surface area contributed by atoms with Crippen molar-refractivity contribution in [3.8, 4) is 0 Å². The SMILES string of the molecule is [2H]CC(=O)OC(O)[C@](O)(OC(=O)C[2H])[C@](O)(OC(=O)C[2H])[C@@](O)(OC(=O)C[2H])[C@](O)(OC(=O)C[2H])C(=O)Cl. The van der Waals surface area contributed by atoms with Gasteiger partial charge in [-0.25, -0.2) is 0 Å². The monoisotopic (exact) mass is 509 g/mol. The number of ether oxygens (including phenoxy) is 5. The summed E-state index contributed by atoms with van der Waals surface area (Å²) in [6.45, 7) is -7.64. The average molecular weight is 510 g/mol. The molecule has 0 aromatic carbocycles. The molecule has 0 aliphatic rings. The van der Waals surface area contributed by atoms with Crippen LogP contribution in [0.1, 0.15) is 41.4 Å². The van der Waals surface area contributed by atoms with Crippen LogP contribution in [0.15, 0.2) is 0 Å². The van der Waals surface area contributed by atoms with E-state index in [0.717, 1.165) is 0 Å². The lowest BCUT2D eigenvalue weighted by molar-refractivity contribution is -0.509. The number of aliphatic hydroxyl groups excluding tert-OH is 1. The molecule has 0 saturated heterocycles. The minimum atomic E-state index is -5.14. The first-order chi connectivity index (χ1) is 17.4. The van der Waals surface area contributed by atoms with Gasteiger partial charge in [0.15, 0.2) is 0 Å². The van der Waals surface area contributed by atoms with Crippen molar-refractivity contribution in [2.24, 2.45) is 0 Å². The number of halogens is 1. The van der Waals surface area contributed by atoms with Gasteiger partial charge in [0.2, 0.25) is 0 Å². The molecule has 5 atom stereocenters. The molecule has 0 radical (unpaired) electrons. The van der Waals surface area contributed by atoms with Crippen LogP contribution >= 0.6 is 11.6 Å². The maximum atomic E-state index is 12.1. The molecule has 0 rings (SSSR count). The van der Waals surface area contributed by atoms with Crippen LogP contribution in [-0.2, 0) is 52.5 Å². The van der Waals surface area contributed by atoms with E-state index in [4.69, 9.17) is 18.5 Å². The van der Waals surface area contributed by atoms with E-state index in [0.29, 0.717) is 0 Å². The van der Waals surface area contributed by atoms with Crippen LogP contribution in [0.3, 0.4) is 0 Å². The Labute approximate surface area is 196 Å². The van der Waals surface area contributed by atoms with Crippen molar-refractivity contribution in [3.05, 3.63) is 0 Å². The van der Waals surface area contributed by atoms with Crippen LogP contribution in [0.5, 0.6) is 0 Å². The maximum absolute atomic E-state index is 12.1. The summed E-state index contributed by atoms with van der Waals surface area (Å²) in [5.41, 5.74) is 0. The van der Waals surface area contributed by atoms with Crippen LogP contribution in [0.2, 0.25) is 0 Å². The van der Waals surface area contributed by atoms with Crippen LogP contribution in [0.4, 0.5) is 0 Å². The summed E-state index contributed by atoms with van der Waals surface area (Å²) in [6.07, 6.45) is -3.65. The van der Waals surface area contributed by atoms with E-state index in [-0.39, 0.29) is 0 Å². The topological polar surface area (TPSA) is 250 Å². The van der Waals surface area contributed by atoms with E-state index >= 15 is 0 Å². The van der Waals surface area contributed by atoms with Crippen LogP contribution in [0.25, 0.3) is 0 Å². The molecule has 1 unspecified atom stereocenters. The largest absolute Gasteiger partial charge is 0.428 e. The van der Waals surface area contributed by atoms with Crippen LogP contribution < -0.4 is 0 Å². The van der Waals surface area contributed by atoms with Crippen molar-refractivity contribution < 1.29 is 84.8 Å². The lowest BCUT2D eigenvalue weighted by atomic mass is 9.88. The van der Waals surface area contributed by atoms with E-state index in [2.05, 4.69) is 23.7 Å². The first-order valence-electron chi connectivity index (χ1n) is 11.2. The zero-order chi connectivity index (χ0) is 30.1. The van der Waals surface area contributed by atoms with E-state index < -0.39 is 99.0 Å². The third-order valence-corrected chi connectivity index (χ3v) is 3.56. The molecule has 0 amide bonds.